The summed E-state index contributed by atoms with van der Waals surface area (Å²) >= 11 is 0.594. The monoisotopic (exact) mass is 566 g/mol. The number of aryl methyl sites for hydroxylation is 2. The molecule has 0 aliphatic rings. The molecule has 2 amide bonds. The van der Waals surface area contributed by atoms with Gasteiger partial charge < -0.3 is 15.8 Å². The van der Waals surface area contributed by atoms with Crippen LogP contribution < -0.4 is 15.8 Å². The number of halogens is 3. The SMILES string of the molecule is CCn1cc(-c2cc(C(F)(F)F)nc3sc(C(N)=O)c(NC(=O)C(C)n4cc([N+](=O)[O-])c(OC)n4)c23)c(C)n1. The number of hydrogen-bond donors (Lipinski definition) is 2. The second kappa shape index (κ2) is 9.97. The van der Waals surface area contributed by atoms with E-state index in [0.717, 1.165) is 16.9 Å². The maximum absolute atomic E-state index is 13.8. The molecule has 39 heavy (non-hydrogen) atoms. The number of alkyl halides is 3. The van der Waals surface area contributed by atoms with Crippen molar-refractivity contribution in [1.29, 1.82) is 0 Å². The zero-order valence-electron chi connectivity index (χ0n) is 20.9. The van der Waals surface area contributed by atoms with Crippen molar-refractivity contribution in [2.45, 2.75) is 39.5 Å². The Morgan fingerprint density at radius 3 is 2.49 bits per heavy atom. The van der Waals surface area contributed by atoms with E-state index >= 15 is 0 Å². The highest BCUT2D eigenvalue weighted by Crippen LogP contribution is 2.44. The lowest BCUT2D eigenvalue weighted by Crippen LogP contribution is -2.25. The summed E-state index contributed by atoms with van der Waals surface area (Å²) in [7, 11) is 1.17. The van der Waals surface area contributed by atoms with Crippen LogP contribution in [-0.4, -0.2) is 48.4 Å². The Kier molecular flexibility index (Phi) is 7.03. The first-order valence-electron chi connectivity index (χ1n) is 11.2. The van der Waals surface area contributed by atoms with Gasteiger partial charge in [0.15, 0.2) is 0 Å². The average molecular weight is 567 g/mol. The summed E-state index contributed by atoms with van der Waals surface area (Å²) in [6.45, 7) is 5.23. The van der Waals surface area contributed by atoms with Crippen LogP contribution >= 0.6 is 11.3 Å². The number of fused-ring (bicyclic) bond motifs is 1. The molecule has 0 aromatic carbocycles. The number of rotatable bonds is 8. The molecular weight excluding hydrogens is 545 g/mol. The van der Waals surface area contributed by atoms with E-state index in [1.807, 2.05) is 0 Å². The number of carbonyl (C=O) groups is 2. The molecule has 17 heteroatoms. The quantitative estimate of drug-likeness (QED) is 0.238. The van der Waals surface area contributed by atoms with E-state index in [9.17, 15) is 32.9 Å². The molecule has 13 nitrogen and oxygen atoms in total. The van der Waals surface area contributed by atoms with Gasteiger partial charge >= 0.3 is 17.7 Å². The Morgan fingerprint density at radius 2 is 1.97 bits per heavy atom. The molecule has 206 valence electrons. The Labute approximate surface area is 221 Å². The fourth-order valence-corrected chi connectivity index (χ4v) is 4.88. The van der Waals surface area contributed by atoms with Crippen LogP contribution in [0.4, 0.5) is 24.5 Å². The number of pyridine rings is 1. The van der Waals surface area contributed by atoms with E-state index in [4.69, 9.17) is 10.5 Å². The lowest BCUT2D eigenvalue weighted by Gasteiger charge is -2.14. The number of methoxy groups -OCH3 is 1. The maximum Gasteiger partial charge on any atom is 0.433 e. The van der Waals surface area contributed by atoms with Gasteiger partial charge in [-0.1, -0.05) is 0 Å². The van der Waals surface area contributed by atoms with Gasteiger partial charge in [0.25, 0.3) is 5.91 Å². The number of hydrogen-bond acceptors (Lipinski definition) is 9. The summed E-state index contributed by atoms with van der Waals surface area (Å²) < 4.78 is 48.7. The van der Waals surface area contributed by atoms with Gasteiger partial charge in [0.2, 0.25) is 5.91 Å². The molecule has 0 fully saturated rings. The summed E-state index contributed by atoms with van der Waals surface area (Å²) in [6, 6.07) is -0.344. The minimum atomic E-state index is -4.81. The van der Waals surface area contributed by atoms with Crippen LogP contribution in [0.1, 0.15) is 40.9 Å². The first-order valence-corrected chi connectivity index (χ1v) is 12.1. The number of aromatic nitrogens is 5. The van der Waals surface area contributed by atoms with Gasteiger partial charge in [-0.15, -0.1) is 16.4 Å². The zero-order chi connectivity index (χ0) is 28.8. The zero-order valence-corrected chi connectivity index (χ0v) is 21.7. The molecule has 0 saturated heterocycles. The summed E-state index contributed by atoms with van der Waals surface area (Å²) in [6.07, 6.45) is -2.26. The minimum absolute atomic E-state index is 0.0348. The van der Waals surface area contributed by atoms with Gasteiger partial charge in [0.05, 0.1) is 23.4 Å². The smallest absolute Gasteiger partial charge is 0.433 e. The third kappa shape index (κ3) is 4.99. The molecule has 0 radical (unpaired) electrons. The fraction of sp³-hybridized carbons (Fsp3) is 0.318. The molecule has 3 N–H and O–H groups in total. The van der Waals surface area contributed by atoms with Crippen molar-refractivity contribution in [3.63, 3.8) is 0 Å². The number of ether oxygens (including phenoxy) is 1. The van der Waals surface area contributed by atoms with Crippen LogP contribution in [0.2, 0.25) is 0 Å². The lowest BCUT2D eigenvalue weighted by atomic mass is 10.0. The van der Waals surface area contributed by atoms with Crippen molar-refractivity contribution in [1.82, 2.24) is 24.5 Å². The molecule has 0 aliphatic heterocycles. The average Bonchev–Trinajstić information content (AvgIpc) is 3.57. The van der Waals surface area contributed by atoms with E-state index in [0.29, 0.717) is 29.1 Å². The van der Waals surface area contributed by atoms with Crippen molar-refractivity contribution in [2.75, 3.05) is 12.4 Å². The third-order valence-corrected chi connectivity index (χ3v) is 6.93. The molecular formula is C22H21F3N8O5S. The van der Waals surface area contributed by atoms with Crippen molar-refractivity contribution >= 4 is 44.7 Å². The highest BCUT2D eigenvalue weighted by atomic mass is 32.1. The van der Waals surface area contributed by atoms with Crippen LogP contribution in [0.5, 0.6) is 5.88 Å². The Morgan fingerprint density at radius 1 is 1.28 bits per heavy atom. The number of primary amides is 1. The van der Waals surface area contributed by atoms with Crippen molar-refractivity contribution in [3.8, 4) is 17.0 Å². The van der Waals surface area contributed by atoms with Gasteiger partial charge in [-0.2, -0.15) is 18.3 Å². The second-order valence-electron chi connectivity index (χ2n) is 8.31. The number of thiophene rings is 1. The number of nitrogens with zero attached hydrogens (tertiary/aromatic N) is 6. The van der Waals surface area contributed by atoms with Crippen molar-refractivity contribution < 1.29 is 32.4 Å². The Balaban J connectivity index is 1.90. The summed E-state index contributed by atoms with van der Waals surface area (Å²) in [5.41, 5.74) is 4.48. The predicted octanol–water partition coefficient (Wildman–Crippen LogP) is 3.92. The van der Waals surface area contributed by atoms with E-state index in [-0.39, 0.29) is 32.2 Å². The minimum Gasteiger partial charge on any atom is -0.475 e. The second-order valence-corrected chi connectivity index (χ2v) is 9.31. The van der Waals surface area contributed by atoms with Crippen LogP contribution in [0.15, 0.2) is 18.5 Å². The van der Waals surface area contributed by atoms with Crippen LogP contribution in [0.3, 0.4) is 0 Å². The number of carbonyl (C=O) groups excluding carboxylic acids is 2. The van der Waals surface area contributed by atoms with Gasteiger partial charge in [-0.3, -0.25) is 24.4 Å². The summed E-state index contributed by atoms with van der Waals surface area (Å²) in [5.74, 6) is -2.12. The maximum atomic E-state index is 13.8. The van der Waals surface area contributed by atoms with E-state index in [1.54, 1.807) is 20.0 Å². The van der Waals surface area contributed by atoms with E-state index < -0.39 is 40.3 Å². The molecule has 4 aromatic heterocycles. The molecule has 0 bridgehead atoms. The molecule has 0 spiro atoms. The van der Waals surface area contributed by atoms with Gasteiger partial charge in [0, 0.05) is 23.7 Å². The lowest BCUT2D eigenvalue weighted by molar-refractivity contribution is -0.385. The topological polar surface area (TPSA) is 173 Å². The molecule has 0 aliphatic carbocycles. The van der Waals surface area contributed by atoms with Crippen LogP contribution in [-0.2, 0) is 17.5 Å². The molecule has 4 heterocycles. The third-order valence-electron chi connectivity index (χ3n) is 5.83. The first kappa shape index (κ1) is 27.5. The Hall–Kier alpha value is -4.54. The van der Waals surface area contributed by atoms with Gasteiger partial charge in [-0.25, -0.2) is 9.67 Å². The highest BCUT2D eigenvalue weighted by Gasteiger charge is 2.36. The largest absolute Gasteiger partial charge is 0.475 e. The highest BCUT2D eigenvalue weighted by molar-refractivity contribution is 7.21. The normalized spacial score (nSPS) is 12.5. The summed E-state index contributed by atoms with van der Waals surface area (Å²) in [5, 5.41) is 22.1. The van der Waals surface area contributed by atoms with E-state index in [1.165, 1.54) is 18.7 Å². The molecule has 4 rings (SSSR count). The Bertz CT molecular complexity index is 1620. The van der Waals surface area contributed by atoms with Crippen molar-refractivity contribution in [3.05, 3.63) is 44.8 Å². The molecule has 4 aromatic rings. The fourth-order valence-electron chi connectivity index (χ4n) is 3.88. The summed E-state index contributed by atoms with van der Waals surface area (Å²) in [4.78, 5) is 39.4. The van der Waals surface area contributed by atoms with Crippen LogP contribution in [0, 0.1) is 17.0 Å². The molecule has 0 saturated carbocycles. The van der Waals surface area contributed by atoms with Crippen LogP contribution in [0.25, 0.3) is 21.3 Å². The number of amides is 2. The number of anilines is 1. The number of nitro groups is 1. The van der Waals surface area contributed by atoms with Crippen molar-refractivity contribution in [2.24, 2.45) is 5.73 Å². The standard InChI is InChI=1S/C22H21F3N8O5S/c1-5-31-7-12(9(2)29-31)11-6-14(22(23,24)25)27-21-15(11)16(17(39-21)18(26)34)28-19(35)10(3)32-8-13(33(36)37)20(30-32)38-4/h6-8,10H,5H2,1-4H3,(H2,26,34)(H,28,35). The first-order chi connectivity index (χ1) is 18.3. The molecule has 1 unspecified atom stereocenters. The van der Waals surface area contributed by atoms with Gasteiger partial charge in [0.1, 0.15) is 27.6 Å². The number of nitrogens with two attached hydrogens (primary N) is 1. The van der Waals surface area contributed by atoms with Gasteiger partial charge in [-0.05, 0) is 32.4 Å². The number of nitrogens with one attached hydrogen (secondary N) is 1. The van der Waals surface area contributed by atoms with E-state index in [2.05, 4.69) is 20.5 Å². The molecule has 1 atom stereocenters. The predicted molar refractivity (Wildman–Crippen MR) is 134 cm³/mol.